The Morgan fingerprint density at radius 2 is 2.29 bits per heavy atom. The molecule has 1 aromatic carbocycles. The molecule has 92 valence electrons. The summed E-state index contributed by atoms with van der Waals surface area (Å²) in [7, 11) is 0. The molecule has 1 atom stereocenters. The Morgan fingerprint density at radius 1 is 1.53 bits per heavy atom. The SMILES string of the molecule is CC(C)C(=O)N1CCS[C@H]1c1cccc(Cl)c1. The second kappa shape index (κ2) is 5.32. The molecule has 0 unspecified atom stereocenters. The third kappa shape index (κ3) is 2.78. The van der Waals surface area contributed by atoms with Crippen molar-refractivity contribution in [3.05, 3.63) is 34.9 Å². The van der Waals surface area contributed by atoms with E-state index in [1.807, 2.05) is 43.0 Å². The molecular formula is C13H16ClNOS. The highest BCUT2D eigenvalue weighted by Gasteiger charge is 2.31. The van der Waals surface area contributed by atoms with Crippen molar-refractivity contribution in [3.8, 4) is 0 Å². The number of thioether (sulfide) groups is 1. The van der Waals surface area contributed by atoms with E-state index in [-0.39, 0.29) is 17.2 Å². The summed E-state index contributed by atoms with van der Waals surface area (Å²) in [5, 5.41) is 0.857. The van der Waals surface area contributed by atoms with Crippen molar-refractivity contribution < 1.29 is 4.79 Å². The Hall–Kier alpha value is -0.670. The monoisotopic (exact) mass is 269 g/mol. The summed E-state index contributed by atoms with van der Waals surface area (Å²) >= 11 is 7.80. The van der Waals surface area contributed by atoms with Crippen LogP contribution in [0.5, 0.6) is 0 Å². The van der Waals surface area contributed by atoms with Crippen molar-refractivity contribution in [2.45, 2.75) is 19.2 Å². The summed E-state index contributed by atoms with van der Waals surface area (Å²) < 4.78 is 0. The first-order valence-electron chi connectivity index (χ1n) is 5.77. The van der Waals surface area contributed by atoms with Crippen LogP contribution >= 0.6 is 23.4 Å². The van der Waals surface area contributed by atoms with Gasteiger partial charge in [0.15, 0.2) is 0 Å². The van der Waals surface area contributed by atoms with Gasteiger partial charge in [0.25, 0.3) is 0 Å². The normalized spacial score (nSPS) is 20.0. The zero-order valence-corrected chi connectivity index (χ0v) is 11.6. The number of nitrogens with zero attached hydrogens (tertiary/aromatic N) is 1. The minimum atomic E-state index is 0.0513. The number of hydrogen-bond acceptors (Lipinski definition) is 2. The van der Waals surface area contributed by atoms with Crippen LogP contribution in [0.2, 0.25) is 5.02 Å². The fraction of sp³-hybridized carbons (Fsp3) is 0.462. The second-order valence-electron chi connectivity index (χ2n) is 4.46. The van der Waals surface area contributed by atoms with Gasteiger partial charge in [0.1, 0.15) is 5.37 Å². The molecule has 1 saturated heterocycles. The molecule has 0 saturated carbocycles. The number of hydrogen-bond donors (Lipinski definition) is 0. The molecule has 0 aromatic heterocycles. The maximum Gasteiger partial charge on any atom is 0.226 e. The molecule has 0 bridgehead atoms. The molecule has 1 fully saturated rings. The highest BCUT2D eigenvalue weighted by Crippen LogP contribution is 2.39. The summed E-state index contributed by atoms with van der Waals surface area (Å²) in [6.07, 6.45) is 0. The maximum atomic E-state index is 12.1. The number of carbonyl (C=O) groups excluding carboxylic acids is 1. The molecule has 0 aliphatic carbocycles. The lowest BCUT2D eigenvalue weighted by atomic mass is 10.1. The molecule has 0 spiro atoms. The van der Waals surface area contributed by atoms with E-state index in [1.165, 1.54) is 0 Å². The highest BCUT2D eigenvalue weighted by molar-refractivity contribution is 7.99. The number of rotatable bonds is 2. The van der Waals surface area contributed by atoms with Gasteiger partial charge < -0.3 is 4.90 Å². The summed E-state index contributed by atoms with van der Waals surface area (Å²) in [5.41, 5.74) is 1.12. The average Bonchev–Trinajstić information content (AvgIpc) is 2.76. The van der Waals surface area contributed by atoms with E-state index in [2.05, 4.69) is 0 Å². The molecule has 1 amide bonds. The molecule has 4 heteroatoms. The van der Waals surface area contributed by atoms with Crippen LogP contribution in [0.4, 0.5) is 0 Å². The van der Waals surface area contributed by atoms with Crippen molar-refractivity contribution >= 4 is 29.3 Å². The van der Waals surface area contributed by atoms with Crippen LogP contribution in [-0.4, -0.2) is 23.1 Å². The number of halogens is 1. The Morgan fingerprint density at radius 3 is 2.94 bits per heavy atom. The minimum Gasteiger partial charge on any atom is -0.326 e. The molecule has 0 N–H and O–H groups in total. The minimum absolute atomic E-state index is 0.0513. The van der Waals surface area contributed by atoms with E-state index in [4.69, 9.17) is 11.6 Å². The molecule has 1 aromatic rings. The lowest BCUT2D eigenvalue weighted by Crippen LogP contribution is -2.33. The zero-order chi connectivity index (χ0) is 12.4. The van der Waals surface area contributed by atoms with Crippen LogP contribution in [0.15, 0.2) is 24.3 Å². The second-order valence-corrected chi connectivity index (χ2v) is 6.09. The highest BCUT2D eigenvalue weighted by atomic mass is 35.5. The van der Waals surface area contributed by atoms with E-state index in [1.54, 1.807) is 11.8 Å². The van der Waals surface area contributed by atoms with Crippen molar-refractivity contribution in [2.24, 2.45) is 5.92 Å². The van der Waals surface area contributed by atoms with E-state index < -0.39 is 0 Å². The van der Waals surface area contributed by atoms with Crippen molar-refractivity contribution in [1.82, 2.24) is 4.90 Å². The largest absolute Gasteiger partial charge is 0.326 e. The predicted molar refractivity (Wildman–Crippen MR) is 73.2 cm³/mol. The first-order valence-corrected chi connectivity index (χ1v) is 7.20. The first-order chi connectivity index (χ1) is 8.09. The van der Waals surface area contributed by atoms with Crippen LogP contribution in [0.25, 0.3) is 0 Å². The van der Waals surface area contributed by atoms with Gasteiger partial charge in [0.05, 0.1) is 0 Å². The van der Waals surface area contributed by atoms with E-state index >= 15 is 0 Å². The molecule has 2 nitrogen and oxygen atoms in total. The summed E-state index contributed by atoms with van der Waals surface area (Å²) in [6.45, 7) is 4.72. The number of amides is 1. The van der Waals surface area contributed by atoms with Crippen molar-refractivity contribution in [2.75, 3.05) is 12.3 Å². The van der Waals surface area contributed by atoms with Crippen LogP contribution in [0.3, 0.4) is 0 Å². The quantitative estimate of drug-likeness (QED) is 0.818. The van der Waals surface area contributed by atoms with Gasteiger partial charge in [-0.05, 0) is 17.7 Å². The topological polar surface area (TPSA) is 20.3 Å². The van der Waals surface area contributed by atoms with Crippen LogP contribution in [0.1, 0.15) is 24.8 Å². The zero-order valence-electron chi connectivity index (χ0n) is 10.0. The van der Waals surface area contributed by atoms with Crippen molar-refractivity contribution in [3.63, 3.8) is 0 Å². The first kappa shape index (κ1) is 12.8. The average molecular weight is 270 g/mol. The fourth-order valence-electron chi connectivity index (χ4n) is 1.96. The molecule has 1 heterocycles. The smallest absolute Gasteiger partial charge is 0.226 e. The van der Waals surface area contributed by atoms with E-state index in [9.17, 15) is 4.79 Å². The van der Waals surface area contributed by atoms with Gasteiger partial charge in [-0.3, -0.25) is 4.79 Å². The van der Waals surface area contributed by atoms with Crippen LogP contribution in [-0.2, 0) is 4.79 Å². The number of carbonyl (C=O) groups is 1. The van der Waals surface area contributed by atoms with Gasteiger partial charge in [-0.2, -0.15) is 0 Å². The van der Waals surface area contributed by atoms with Gasteiger partial charge in [-0.1, -0.05) is 37.6 Å². The summed E-state index contributed by atoms with van der Waals surface area (Å²) in [6, 6.07) is 7.79. The summed E-state index contributed by atoms with van der Waals surface area (Å²) in [4.78, 5) is 14.1. The third-order valence-corrected chi connectivity index (χ3v) is 4.30. The molecule has 17 heavy (non-hydrogen) atoms. The standard InChI is InChI=1S/C13H16ClNOS/c1-9(2)12(16)15-6-7-17-13(15)10-4-3-5-11(14)8-10/h3-5,8-9,13H,6-7H2,1-2H3/t13-/m0/s1. The Labute approximate surface area is 111 Å². The fourth-order valence-corrected chi connectivity index (χ4v) is 3.42. The van der Waals surface area contributed by atoms with Crippen LogP contribution < -0.4 is 0 Å². The molecule has 0 radical (unpaired) electrons. The third-order valence-electron chi connectivity index (χ3n) is 2.80. The van der Waals surface area contributed by atoms with Gasteiger partial charge in [-0.25, -0.2) is 0 Å². The number of benzene rings is 1. The van der Waals surface area contributed by atoms with Gasteiger partial charge in [0, 0.05) is 23.2 Å². The van der Waals surface area contributed by atoms with E-state index in [0.717, 1.165) is 22.9 Å². The lowest BCUT2D eigenvalue weighted by Gasteiger charge is -2.25. The summed E-state index contributed by atoms with van der Waals surface area (Å²) in [5.74, 6) is 1.27. The molecular weight excluding hydrogens is 254 g/mol. The van der Waals surface area contributed by atoms with Gasteiger partial charge in [-0.15, -0.1) is 11.8 Å². The molecule has 1 aliphatic heterocycles. The van der Waals surface area contributed by atoms with E-state index in [0.29, 0.717) is 0 Å². The Kier molecular flexibility index (Phi) is 4.00. The Bertz CT molecular complexity index is 422. The molecule has 1 aliphatic rings. The Balaban J connectivity index is 2.23. The maximum absolute atomic E-state index is 12.1. The van der Waals surface area contributed by atoms with Crippen molar-refractivity contribution in [1.29, 1.82) is 0 Å². The van der Waals surface area contributed by atoms with Crippen LogP contribution in [0, 0.1) is 5.92 Å². The lowest BCUT2D eigenvalue weighted by molar-refractivity contribution is -0.134. The predicted octanol–water partition coefficient (Wildman–Crippen LogP) is 3.57. The molecule has 2 rings (SSSR count). The van der Waals surface area contributed by atoms with Gasteiger partial charge in [0.2, 0.25) is 5.91 Å². The van der Waals surface area contributed by atoms with Gasteiger partial charge >= 0.3 is 0 Å².